The van der Waals surface area contributed by atoms with Crippen molar-refractivity contribution < 1.29 is 19.6 Å². The second-order valence-electron chi connectivity index (χ2n) is 7.77. The van der Waals surface area contributed by atoms with E-state index in [0.717, 1.165) is 11.1 Å². The van der Waals surface area contributed by atoms with E-state index in [-0.39, 0.29) is 24.2 Å². The molecule has 168 valence electrons. The van der Waals surface area contributed by atoms with Gasteiger partial charge < -0.3 is 9.84 Å². The molecule has 4 rings (SSSR count). The molecule has 0 heterocycles. The summed E-state index contributed by atoms with van der Waals surface area (Å²) < 4.78 is 5.27. The van der Waals surface area contributed by atoms with Gasteiger partial charge in [-0.25, -0.2) is 5.43 Å². The molecule has 1 amide bonds. The highest BCUT2D eigenvalue weighted by Gasteiger charge is 2.60. The molecule has 0 saturated heterocycles. The van der Waals surface area contributed by atoms with Crippen LogP contribution in [0.4, 0.5) is 5.69 Å². The van der Waals surface area contributed by atoms with Gasteiger partial charge >= 0.3 is 5.69 Å². The second kappa shape index (κ2) is 9.12. The number of phenolic OH excluding ortho intramolecular Hbond substituents is 1. The zero-order valence-electron chi connectivity index (χ0n) is 18.0. The average molecular weight is 445 g/mol. The highest BCUT2D eigenvalue weighted by Crippen LogP contribution is 2.58. The molecule has 3 aromatic rings. The lowest BCUT2D eigenvalue weighted by atomic mass is 9.85. The lowest BCUT2D eigenvalue weighted by Crippen LogP contribution is -2.25. The quantitative estimate of drug-likeness (QED) is 0.307. The van der Waals surface area contributed by atoms with E-state index in [1.54, 1.807) is 6.92 Å². The highest BCUT2D eigenvalue weighted by atomic mass is 16.6. The lowest BCUT2D eigenvalue weighted by Gasteiger charge is -2.18. The third kappa shape index (κ3) is 4.27. The van der Waals surface area contributed by atoms with E-state index in [9.17, 15) is 20.0 Å². The van der Waals surface area contributed by atoms with E-state index in [1.807, 2.05) is 60.7 Å². The van der Waals surface area contributed by atoms with Crippen LogP contribution in [-0.4, -0.2) is 28.8 Å². The lowest BCUT2D eigenvalue weighted by molar-refractivity contribution is -0.386. The SMILES string of the molecule is CCOc1cc(/C=N/NC(=O)C2CC2(c2ccccc2)c2ccccc2)cc([N+](=O)[O-])c1O. The fourth-order valence-corrected chi connectivity index (χ4v) is 4.20. The van der Waals surface area contributed by atoms with Gasteiger partial charge in [-0.05, 0) is 30.5 Å². The van der Waals surface area contributed by atoms with E-state index in [1.165, 1.54) is 18.3 Å². The van der Waals surface area contributed by atoms with Crippen LogP contribution in [0.2, 0.25) is 0 Å². The van der Waals surface area contributed by atoms with Gasteiger partial charge in [0.25, 0.3) is 0 Å². The number of rotatable bonds is 8. The minimum absolute atomic E-state index is 0.0196. The topological polar surface area (TPSA) is 114 Å². The number of carbonyl (C=O) groups excluding carboxylic acids is 1. The molecule has 0 spiro atoms. The monoisotopic (exact) mass is 445 g/mol. The number of hydrogen-bond acceptors (Lipinski definition) is 6. The number of nitrogens with zero attached hydrogens (tertiary/aromatic N) is 2. The smallest absolute Gasteiger partial charge is 0.315 e. The summed E-state index contributed by atoms with van der Waals surface area (Å²) in [7, 11) is 0. The average Bonchev–Trinajstić information content (AvgIpc) is 3.59. The van der Waals surface area contributed by atoms with Crippen LogP contribution in [0.3, 0.4) is 0 Å². The molecule has 33 heavy (non-hydrogen) atoms. The summed E-state index contributed by atoms with van der Waals surface area (Å²) >= 11 is 0. The third-order valence-electron chi connectivity index (χ3n) is 5.82. The van der Waals surface area contributed by atoms with Crippen LogP contribution in [0.1, 0.15) is 30.0 Å². The molecule has 1 unspecified atom stereocenters. The number of amides is 1. The number of nitrogens with one attached hydrogen (secondary N) is 1. The zero-order chi connectivity index (χ0) is 23.4. The molecule has 0 bridgehead atoms. The summed E-state index contributed by atoms with van der Waals surface area (Å²) in [6.07, 6.45) is 1.95. The van der Waals surface area contributed by atoms with Gasteiger partial charge in [0.15, 0.2) is 5.75 Å². The van der Waals surface area contributed by atoms with Crippen LogP contribution < -0.4 is 10.2 Å². The predicted molar refractivity (Wildman–Crippen MR) is 123 cm³/mol. The van der Waals surface area contributed by atoms with Gasteiger partial charge in [-0.2, -0.15) is 5.10 Å². The van der Waals surface area contributed by atoms with Crippen molar-refractivity contribution in [3.63, 3.8) is 0 Å². The van der Waals surface area contributed by atoms with E-state index in [4.69, 9.17) is 4.74 Å². The van der Waals surface area contributed by atoms with Crippen molar-refractivity contribution in [2.75, 3.05) is 6.61 Å². The summed E-state index contributed by atoms with van der Waals surface area (Å²) in [5.41, 5.74) is 4.09. The largest absolute Gasteiger partial charge is 0.500 e. The maximum Gasteiger partial charge on any atom is 0.315 e. The van der Waals surface area contributed by atoms with Crippen LogP contribution in [0.15, 0.2) is 77.9 Å². The Morgan fingerprint density at radius 1 is 1.18 bits per heavy atom. The molecule has 1 aliphatic rings. The Kier molecular flexibility index (Phi) is 6.08. The number of ether oxygens (including phenoxy) is 1. The summed E-state index contributed by atoms with van der Waals surface area (Å²) in [5, 5.41) is 25.2. The Labute approximate surface area is 190 Å². The van der Waals surface area contributed by atoms with Crippen LogP contribution in [0.25, 0.3) is 0 Å². The standard InChI is InChI=1S/C25H23N3O5/c1-2-33-22-14-17(13-21(23(22)29)28(31)32)16-26-27-24(30)20-15-25(20,18-9-5-3-6-10-18)19-11-7-4-8-12-19/h3-14,16,20,29H,2,15H2,1H3,(H,27,30)/b26-16+. The Bertz CT molecular complexity index is 1160. The van der Waals surface area contributed by atoms with Crippen molar-refractivity contribution in [1.29, 1.82) is 0 Å². The number of phenols is 1. The second-order valence-corrected chi connectivity index (χ2v) is 7.77. The van der Waals surface area contributed by atoms with Crippen LogP contribution >= 0.6 is 0 Å². The normalized spacial score (nSPS) is 16.3. The van der Waals surface area contributed by atoms with Crippen LogP contribution in [0, 0.1) is 16.0 Å². The molecule has 1 atom stereocenters. The van der Waals surface area contributed by atoms with Crippen LogP contribution in [0.5, 0.6) is 11.5 Å². The molecule has 0 aliphatic heterocycles. The van der Waals surface area contributed by atoms with E-state index in [2.05, 4.69) is 10.5 Å². The first-order chi connectivity index (χ1) is 16.0. The number of nitro benzene ring substituents is 1. The van der Waals surface area contributed by atoms with Crippen molar-refractivity contribution in [2.24, 2.45) is 11.0 Å². The maximum absolute atomic E-state index is 13.0. The van der Waals surface area contributed by atoms with Gasteiger partial charge in [0.2, 0.25) is 11.7 Å². The number of hydrazone groups is 1. The Hall–Kier alpha value is -4.20. The first-order valence-electron chi connectivity index (χ1n) is 10.6. The molecule has 3 aromatic carbocycles. The molecule has 0 radical (unpaired) electrons. The van der Waals surface area contributed by atoms with Gasteiger partial charge in [-0.15, -0.1) is 0 Å². The van der Waals surface area contributed by atoms with Crippen LogP contribution in [-0.2, 0) is 10.2 Å². The van der Waals surface area contributed by atoms with Gasteiger partial charge in [-0.3, -0.25) is 14.9 Å². The molecule has 8 heteroatoms. The molecule has 1 saturated carbocycles. The fourth-order valence-electron chi connectivity index (χ4n) is 4.20. The first kappa shape index (κ1) is 22.0. The minimum Gasteiger partial charge on any atom is -0.500 e. The predicted octanol–water partition coefficient (Wildman–Crippen LogP) is 4.16. The molecular formula is C25H23N3O5. The van der Waals surface area contributed by atoms with Crippen molar-refractivity contribution in [3.8, 4) is 11.5 Å². The minimum atomic E-state index is -0.702. The molecule has 8 nitrogen and oxygen atoms in total. The van der Waals surface area contributed by atoms with Crippen molar-refractivity contribution in [1.82, 2.24) is 5.43 Å². The van der Waals surface area contributed by atoms with Crippen molar-refractivity contribution in [2.45, 2.75) is 18.8 Å². The number of carbonyl (C=O) groups is 1. The Balaban J connectivity index is 1.54. The van der Waals surface area contributed by atoms with E-state index < -0.39 is 21.8 Å². The Morgan fingerprint density at radius 2 is 1.79 bits per heavy atom. The molecule has 0 aromatic heterocycles. The highest BCUT2D eigenvalue weighted by molar-refractivity contribution is 5.88. The van der Waals surface area contributed by atoms with Crippen molar-refractivity contribution >= 4 is 17.8 Å². The molecule has 1 fully saturated rings. The fraction of sp³-hybridized carbons (Fsp3) is 0.200. The van der Waals surface area contributed by atoms with Crippen molar-refractivity contribution in [3.05, 3.63) is 99.6 Å². The molecule has 2 N–H and O–H groups in total. The third-order valence-corrected chi connectivity index (χ3v) is 5.82. The molecular weight excluding hydrogens is 422 g/mol. The maximum atomic E-state index is 13.0. The van der Waals surface area contributed by atoms with E-state index in [0.29, 0.717) is 12.0 Å². The summed E-state index contributed by atoms with van der Waals surface area (Å²) in [6, 6.07) is 22.4. The number of nitro groups is 1. The molecule has 1 aliphatic carbocycles. The summed E-state index contributed by atoms with van der Waals surface area (Å²) in [5.74, 6) is -1.10. The first-order valence-corrected chi connectivity index (χ1v) is 10.6. The van der Waals surface area contributed by atoms with Gasteiger partial charge in [0.1, 0.15) is 0 Å². The summed E-state index contributed by atoms with van der Waals surface area (Å²) in [6.45, 7) is 1.93. The van der Waals surface area contributed by atoms with E-state index >= 15 is 0 Å². The Morgan fingerprint density at radius 3 is 2.33 bits per heavy atom. The van der Waals surface area contributed by atoms with Gasteiger partial charge in [0, 0.05) is 17.0 Å². The number of hydrogen-bond donors (Lipinski definition) is 2. The number of aromatic hydroxyl groups is 1. The van der Waals surface area contributed by atoms with Gasteiger partial charge in [0.05, 0.1) is 23.7 Å². The summed E-state index contributed by atoms with van der Waals surface area (Å²) in [4.78, 5) is 23.5. The van der Waals surface area contributed by atoms with Gasteiger partial charge in [-0.1, -0.05) is 60.7 Å². The number of benzene rings is 3. The zero-order valence-corrected chi connectivity index (χ0v) is 18.0.